The first-order valence-electron chi connectivity index (χ1n) is 6.08. The largest absolute Gasteiger partial charge is 0.310 e. The molecule has 88 valence electrons. The summed E-state index contributed by atoms with van der Waals surface area (Å²) in [6.45, 7) is 3.25. The molecule has 0 unspecified atom stereocenters. The van der Waals surface area contributed by atoms with E-state index in [0.717, 1.165) is 12.5 Å². The van der Waals surface area contributed by atoms with E-state index in [4.69, 9.17) is 11.6 Å². The Labute approximate surface area is 102 Å². The van der Waals surface area contributed by atoms with Crippen LogP contribution < -0.4 is 5.32 Å². The Morgan fingerprint density at radius 1 is 1.31 bits per heavy atom. The van der Waals surface area contributed by atoms with Crippen molar-refractivity contribution >= 4 is 11.6 Å². The molecule has 0 amide bonds. The molecular formula is C13H19ClN2. The molecule has 0 radical (unpaired) electrons. The Morgan fingerprint density at radius 3 is 2.69 bits per heavy atom. The fourth-order valence-corrected chi connectivity index (χ4v) is 2.35. The fourth-order valence-electron chi connectivity index (χ4n) is 2.24. The standard InChI is InChI=1S/C13H19ClN2/c1-10-2-5-12(6-3-10)15-8-11-4-7-13(14)16-9-11/h4,7,9-10,12,15H,2-3,5-6,8H2,1H3. The molecule has 1 aromatic heterocycles. The Kier molecular flexibility index (Phi) is 4.19. The fraction of sp³-hybridized carbons (Fsp3) is 0.615. The Balaban J connectivity index is 1.77. The molecule has 1 fully saturated rings. The lowest BCUT2D eigenvalue weighted by atomic mass is 9.87. The summed E-state index contributed by atoms with van der Waals surface area (Å²) in [7, 11) is 0. The number of nitrogens with zero attached hydrogens (tertiary/aromatic N) is 1. The predicted octanol–water partition coefficient (Wildman–Crippen LogP) is 3.40. The molecule has 1 N–H and O–H groups in total. The summed E-state index contributed by atoms with van der Waals surface area (Å²) in [5.74, 6) is 0.912. The first kappa shape index (κ1) is 11.9. The molecule has 0 bridgehead atoms. The van der Waals surface area contributed by atoms with Crippen molar-refractivity contribution in [3.8, 4) is 0 Å². The summed E-state index contributed by atoms with van der Waals surface area (Å²) >= 11 is 5.75. The van der Waals surface area contributed by atoms with E-state index in [0.29, 0.717) is 11.2 Å². The number of rotatable bonds is 3. The third-order valence-electron chi connectivity index (χ3n) is 3.40. The van der Waals surface area contributed by atoms with Crippen molar-refractivity contribution in [2.45, 2.75) is 45.2 Å². The van der Waals surface area contributed by atoms with E-state index in [-0.39, 0.29) is 0 Å². The topological polar surface area (TPSA) is 24.9 Å². The molecule has 1 aliphatic carbocycles. The summed E-state index contributed by atoms with van der Waals surface area (Å²) < 4.78 is 0. The maximum Gasteiger partial charge on any atom is 0.129 e. The van der Waals surface area contributed by atoms with Crippen LogP contribution in [0.25, 0.3) is 0 Å². The summed E-state index contributed by atoms with van der Waals surface area (Å²) in [5, 5.41) is 4.16. The van der Waals surface area contributed by atoms with Gasteiger partial charge in [-0.15, -0.1) is 0 Å². The lowest BCUT2D eigenvalue weighted by Crippen LogP contribution is -2.32. The van der Waals surface area contributed by atoms with Gasteiger partial charge in [-0.05, 0) is 43.2 Å². The van der Waals surface area contributed by atoms with Crippen LogP contribution in [0.3, 0.4) is 0 Å². The third-order valence-corrected chi connectivity index (χ3v) is 3.62. The van der Waals surface area contributed by atoms with E-state index < -0.39 is 0 Å². The van der Waals surface area contributed by atoms with Crippen LogP contribution in [0.15, 0.2) is 18.3 Å². The zero-order chi connectivity index (χ0) is 11.4. The van der Waals surface area contributed by atoms with E-state index in [1.165, 1.54) is 31.2 Å². The van der Waals surface area contributed by atoms with E-state index in [1.54, 1.807) is 0 Å². The summed E-state index contributed by atoms with van der Waals surface area (Å²) in [4.78, 5) is 4.08. The average molecular weight is 239 g/mol. The maximum absolute atomic E-state index is 5.75. The Morgan fingerprint density at radius 2 is 2.06 bits per heavy atom. The molecule has 0 aromatic carbocycles. The summed E-state index contributed by atoms with van der Waals surface area (Å²) in [6, 6.07) is 4.57. The zero-order valence-electron chi connectivity index (χ0n) is 9.75. The van der Waals surface area contributed by atoms with Crippen LogP contribution in [0.1, 0.15) is 38.2 Å². The van der Waals surface area contributed by atoms with Gasteiger partial charge in [0.05, 0.1) is 0 Å². The average Bonchev–Trinajstić information content (AvgIpc) is 2.30. The van der Waals surface area contributed by atoms with Gasteiger partial charge in [0.1, 0.15) is 5.15 Å². The van der Waals surface area contributed by atoms with Crippen LogP contribution in [-0.4, -0.2) is 11.0 Å². The van der Waals surface area contributed by atoms with Crippen molar-refractivity contribution in [2.75, 3.05) is 0 Å². The zero-order valence-corrected chi connectivity index (χ0v) is 10.5. The van der Waals surface area contributed by atoms with Crippen LogP contribution >= 0.6 is 11.6 Å². The van der Waals surface area contributed by atoms with Crippen LogP contribution in [-0.2, 0) is 6.54 Å². The minimum Gasteiger partial charge on any atom is -0.310 e. The number of hydrogen-bond donors (Lipinski definition) is 1. The van der Waals surface area contributed by atoms with Crippen molar-refractivity contribution in [3.63, 3.8) is 0 Å². The van der Waals surface area contributed by atoms with Crippen LogP contribution in [0.2, 0.25) is 5.15 Å². The van der Waals surface area contributed by atoms with Gasteiger partial charge in [0.25, 0.3) is 0 Å². The van der Waals surface area contributed by atoms with E-state index >= 15 is 0 Å². The first-order valence-corrected chi connectivity index (χ1v) is 6.45. The van der Waals surface area contributed by atoms with Gasteiger partial charge in [-0.1, -0.05) is 24.6 Å². The van der Waals surface area contributed by atoms with Gasteiger partial charge < -0.3 is 5.32 Å². The molecule has 1 saturated carbocycles. The highest BCUT2D eigenvalue weighted by Gasteiger charge is 2.17. The molecule has 1 heterocycles. The van der Waals surface area contributed by atoms with Crippen LogP contribution in [0, 0.1) is 5.92 Å². The molecule has 2 nitrogen and oxygen atoms in total. The van der Waals surface area contributed by atoms with Gasteiger partial charge in [0.2, 0.25) is 0 Å². The van der Waals surface area contributed by atoms with Crippen molar-refractivity contribution in [2.24, 2.45) is 5.92 Å². The molecule has 2 rings (SSSR count). The Bertz CT molecular complexity index is 315. The number of aromatic nitrogens is 1. The predicted molar refractivity (Wildman–Crippen MR) is 67.5 cm³/mol. The first-order chi connectivity index (χ1) is 7.74. The molecule has 0 spiro atoms. The lowest BCUT2D eigenvalue weighted by Gasteiger charge is -2.27. The van der Waals surface area contributed by atoms with Gasteiger partial charge in [-0.2, -0.15) is 0 Å². The highest BCUT2D eigenvalue weighted by Crippen LogP contribution is 2.23. The van der Waals surface area contributed by atoms with Crippen molar-refractivity contribution < 1.29 is 0 Å². The van der Waals surface area contributed by atoms with E-state index in [9.17, 15) is 0 Å². The van der Waals surface area contributed by atoms with Gasteiger partial charge in [-0.3, -0.25) is 0 Å². The smallest absolute Gasteiger partial charge is 0.129 e. The second-order valence-electron chi connectivity index (χ2n) is 4.83. The van der Waals surface area contributed by atoms with Crippen molar-refractivity contribution in [1.82, 2.24) is 10.3 Å². The molecule has 0 saturated heterocycles. The molecule has 16 heavy (non-hydrogen) atoms. The monoisotopic (exact) mass is 238 g/mol. The number of pyridine rings is 1. The quantitative estimate of drug-likeness (QED) is 0.817. The number of halogens is 1. The van der Waals surface area contributed by atoms with E-state index in [2.05, 4.69) is 17.2 Å². The second kappa shape index (κ2) is 5.65. The molecule has 1 aliphatic rings. The normalized spacial score (nSPS) is 25.6. The minimum atomic E-state index is 0.565. The van der Waals surface area contributed by atoms with Gasteiger partial charge in [0, 0.05) is 18.8 Å². The second-order valence-corrected chi connectivity index (χ2v) is 5.21. The lowest BCUT2D eigenvalue weighted by molar-refractivity contribution is 0.306. The minimum absolute atomic E-state index is 0.565. The van der Waals surface area contributed by atoms with Crippen LogP contribution in [0.5, 0.6) is 0 Å². The summed E-state index contributed by atoms with van der Waals surface area (Å²) in [6.07, 6.45) is 7.18. The van der Waals surface area contributed by atoms with Crippen molar-refractivity contribution in [3.05, 3.63) is 29.0 Å². The SMILES string of the molecule is CC1CCC(NCc2ccc(Cl)nc2)CC1. The van der Waals surface area contributed by atoms with Gasteiger partial charge in [0.15, 0.2) is 0 Å². The third kappa shape index (κ3) is 3.46. The van der Waals surface area contributed by atoms with Crippen LogP contribution in [0.4, 0.5) is 0 Å². The molecular weight excluding hydrogens is 220 g/mol. The number of nitrogens with one attached hydrogen (secondary N) is 1. The molecule has 0 atom stereocenters. The van der Waals surface area contributed by atoms with E-state index in [1.807, 2.05) is 18.3 Å². The molecule has 0 aliphatic heterocycles. The number of hydrogen-bond acceptors (Lipinski definition) is 2. The van der Waals surface area contributed by atoms with Gasteiger partial charge in [-0.25, -0.2) is 4.98 Å². The Hall–Kier alpha value is -0.600. The molecule has 3 heteroatoms. The van der Waals surface area contributed by atoms with Crippen molar-refractivity contribution in [1.29, 1.82) is 0 Å². The maximum atomic E-state index is 5.75. The summed E-state index contributed by atoms with van der Waals surface area (Å²) in [5.41, 5.74) is 1.21. The van der Waals surface area contributed by atoms with Gasteiger partial charge >= 0.3 is 0 Å². The highest BCUT2D eigenvalue weighted by atomic mass is 35.5. The molecule has 1 aromatic rings. The highest BCUT2D eigenvalue weighted by molar-refractivity contribution is 6.29.